The zero-order valence-electron chi connectivity index (χ0n) is 22.7. The van der Waals surface area contributed by atoms with E-state index in [4.69, 9.17) is 0 Å². The lowest BCUT2D eigenvalue weighted by Crippen LogP contribution is -2.52. The van der Waals surface area contributed by atoms with E-state index in [9.17, 15) is 44.9 Å². The van der Waals surface area contributed by atoms with Gasteiger partial charge in [-0.2, -0.15) is 26.3 Å². The molecule has 0 saturated carbocycles. The molecule has 1 unspecified atom stereocenters. The number of likely N-dealkylation sites (tertiary alicyclic amines) is 1. The number of halogens is 7. The highest BCUT2D eigenvalue weighted by atomic mass is 32.2. The van der Waals surface area contributed by atoms with Crippen LogP contribution in [0.4, 0.5) is 35.5 Å². The fourth-order valence-electron chi connectivity index (χ4n) is 4.90. The lowest BCUT2D eigenvalue weighted by Gasteiger charge is -2.43. The fraction of sp³-hybridized carbons (Fsp3) is 0.481. The Kier molecular flexibility index (Phi) is 9.89. The van der Waals surface area contributed by atoms with Crippen molar-refractivity contribution >= 4 is 23.1 Å². The fourth-order valence-corrected chi connectivity index (χ4v) is 5.35. The van der Waals surface area contributed by atoms with E-state index in [-0.39, 0.29) is 36.8 Å². The van der Waals surface area contributed by atoms with Gasteiger partial charge in [0.15, 0.2) is 5.75 Å². The molecular formula is C27H30F7N3O3S. The topological polar surface area (TPSA) is 75.7 Å². The number of aryl methyl sites for hydroxylation is 1. The Balaban J connectivity index is 1.94. The van der Waals surface area contributed by atoms with Crippen molar-refractivity contribution in [3.05, 3.63) is 70.0 Å². The van der Waals surface area contributed by atoms with Gasteiger partial charge in [-0.25, -0.2) is 9.18 Å². The van der Waals surface area contributed by atoms with Crippen molar-refractivity contribution in [1.82, 2.24) is 15.1 Å². The Bertz CT molecular complexity index is 1240. The minimum absolute atomic E-state index is 0.0263. The van der Waals surface area contributed by atoms with Gasteiger partial charge in [0.25, 0.3) is 5.91 Å². The van der Waals surface area contributed by atoms with E-state index < -0.39 is 70.5 Å². The molecule has 4 atom stereocenters. The van der Waals surface area contributed by atoms with Crippen LogP contribution in [0.25, 0.3) is 0 Å². The summed E-state index contributed by atoms with van der Waals surface area (Å²) in [6, 6.07) is 2.20. The summed E-state index contributed by atoms with van der Waals surface area (Å²) in [5.74, 6) is -1.16. The molecule has 1 N–H and O–H groups in total. The van der Waals surface area contributed by atoms with Gasteiger partial charge in [0.2, 0.25) is 0 Å². The van der Waals surface area contributed by atoms with Crippen LogP contribution in [0.3, 0.4) is 0 Å². The van der Waals surface area contributed by atoms with Crippen LogP contribution in [-0.4, -0.2) is 57.9 Å². The van der Waals surface area contributed by atoms with Gasteiger partial charge in [-0.1, -0.05) is 6.07 Å². The molecule has 6 nitrogen and oxygen atoms in total. The first kappa shape index (κ1) is 32.5. The normalized spacial score (nSPS) is 19.5. The quantitative estimate of drug-likeness (QED) is 0.323. The second kappa shape index (κ2) is 12.5. The maximum Gasteiger partial charge on any atom is 0.416 e. The van der Waals surface area contributed by atoms with Crippen molar-refractivity contribution in [3.8, 4) is 0 Å². The molecule has 41 heavy (non-hydrogen) atoms. The molecule has 0 bridgehead atoms. The molecule has 0 radical (unpaired) electrons. The van der Waals surface area contributed by atoms with Crippen LogP contribution >= 0.6 is 0 Å². The van der Waals surface area contributed by atoms with Crippen molar-refractivity contribution in [2.45, 2.75) is 57.2 Å². The molecule has 1 saturated heterocycles. The summed E-state index contributed by atoms with van der Waals surface area (Å²) in [5, 5.41) is 2.79. The third-order valence-electron chi connectivity index (χ3n) is 7.11. The lowest BCUT2D eigenvalue weighted by atomic mass is 9.89. The summed E-state index contributed by atoms with van der Waals surface area (Å²) in [4.78, 5) is 28.4. The highest BCUT2D eigenvalue weighted by Gasteiger charge is 2.39. The van der Waals surface area contributed by atoms with Crippen LogP contribution in [0.15, 0.2) is 36.4 Å². The van der Waals surface area contributed by atoms with Crippen molar-refractivity contribution in [2.24, 2.45) is 0 Å². The average molecular weight is 610 g/mol. The minimum Gasteiger partial charge on any atom is -0.616 e. The molecule has 2 aromatic rings. The number of benzene rings is 2. The third kappa shape index (κ3) is 8.06. The van der Waals surface area contributed by atoms with Gasteiger partial charge in [0.05, 0.1) is 29.5 Å². The summed E-state index contributed by atoms with van der Waals surface area (Å²) in [5.41, 5.74) is -2.25. The Morgan fingerprint density at radius 3 is 2.20 bits per heavy atom. The first-order valence-corrected chi connectivity index (χ1v) is 14.3. The summed E-state index contributed by atoms with van der Waals surface area (Å²) < 4.78 is 106. The Morgan fingerprint density at radius 1 is 1.10 bits per heavy atom. The summed E-state index contributed by atoms with van der Waals surface area (Å²) in [6.07, 6.45) is -8.22. The third-order valence-corrected chi connectivity index (χ3v) is 7.78. The van der Waals surface area contributed by atoms with E-state index in [1.807, 2.05) is 0 Å². The van der Waals surface area contributed by atoms with Gasteiger partial charge in [-0.05, 0) is 84.9 Å². The molecule has 0 aromatic heterocycles. The van der Waals surface area contributed by atoms with Crippen LogP contribution < -0.4 is 5.32 Å². The van der Waals surface area contributed by atoms with E-state index in [0.717, 1.165) is 4.90 Å². The summed E-state index contributed by atoms with van der Waals surface area (Å²) >= 11 is -1.38. The van der Waals surface area contributed by atoms with E-state index >= 15 is 0 Å². The molecule has 1 aliphatic rings. The maximum atomic E-state index is 13.9. The minimum atomic E-state index is -5.04. The first-order valence-electron chi connectivity index (χ1n) is 12.6. The number of hydrogen-bond acceptors (Lipinski definition) is 3. The molecule has 0 spiro atoms. The average Bonchev–Trinajstić information content (AvgIpc) is 2.85. The molecule has 3 amide bonds. The molecule has 1 fully saturated rings. The van der Waals surface area contributed by atoms with Gasteiger partial charge in [0.1, 0.15) is 5.82 Å². The molecular weight excluding hydrogens is 579 g/mol. The SMILES string of the molecule is Cc1cc(F)ccc1[C@H]1C[C@@H](NC(=O)C[S+](C)[O-])CCN1C(=O)N(C)[C@@H](C)c1cc(C(F)(F)F)cc(C(F)(F)F)c1. The Labute approximate surface area is 236 Å². The van der Waals surface area contributed by atoms with Crippen LogP contribution in [-0.2, 0) is 28.3 Å². The standard InChI is InChI=1S/C27H30F7N3O3S/c1-15-9-20(28)5-6-22(15)23-13-21(35-24(38)14-41(4)40)7-8-37(23)25(39)36(3)16(2)17-10-18(26(29,30)31)12-19(11-17)27(32,33)34/h5-6,9-12,16,21,23H,7-8,13-14H2,1-4H3,(H,35,38)/t16-,21-,23+,41?/m0/s1. The number of nitrogens with zero attached hydrogens (tertiary/aromatic N) is 2. The van der Waals surface area contributed by atoms with Crippen molar-refractivity contribution < 1.29 is 44.9 Å². The highest BCUT2D eigenvalue weighted by Crippen LogP contribution is 2.39. The number of amides is 3. The van der Waals surface area contributed by atoms with E-state index in [2.05, 4.69) is 5.32 Å². The zero-order valence-corrected chi connectivity index (χ0v) is 23.5. The molecule has 226 valence electrons. The van der Waals surface area contributed by atoms with Gasteiger partial charge in [0, 0.05) is 19.6 Å². The summed E-state index contributed by atoms with van der Waals surface area (Å²) in [7, 11) is 1.28. The second-order valence-electron chi connectivity index (χ2n) is 10.1. The molecule has 1 heterocycles. The van der Waals surface area contributed by atoms with Gasteiger partial charge >= 0.3 is 18.4 Å². The number of piperidine rings is 1. The largest absolute Gasteiger partial charge is 0.616 e. The van der Waals surface area contributed by atoms with Crippen LogP contribution in [0.2, 0.25) is 0 Å². The number of rotatable bonds is 6. The number of carbonyl (C=O) groups is 2. The van der Waals surface area contributed by atoms with Gasteiger partial charge in [-0.3, -0.25) is 4.79 Å². The van der Waals surface area contributed by atoms with Crippen LogP contribution in [0.1, 0.15) is 59.7 Å². The predicted molar refractivity (Wildman–Crippen MR) is 139 cm³/mol. The Hall–Kier alpha value is -3.00. The van der Waals surface area contributed by atoms with Crippen molar-refractivity contribution in [3.63, 3.8) is 0 Å². The van der Waals surface area contributed by atoms with E-state index in [1.165, 1.54) is 43.3 Å². The van der Waals surface area contributed by atoms with Gasteiger partial charge in [-0.15, -0.1) is 0 Å². The van der Waals surface area contributed by atoms with E-state index in [0.29, 0.717) is 23.3 Å². The molecule has 2 aromatic carbocycles. The lowest BCUT2D eigenvalue weighted by molar-refractivity contribution is -0.143. The zero-order chi connectivity index (χ0) is 30.9. The highest BCUT2D eigenvalue weighted by molar-refractivity contribution is 7.91. The van der Waals surface area contributed by atoms with Crippen molar-refractivity contribution in [1.29, 1.82) is 0 Å². The monoisotopic (exact) mass is 609 g/mol. The molecule has 0 aliphatic carbocycles. The smallest absolute Gasteiger partial charge is 0.416 e. The van der Waals surface area contributed by atoms with Crippen molar-refractivity contribution in [2.75, 3.05) is 25.6 Å². The number of alkyl halides is 6. The molecule has 14 heteroatoms. The van der Waals surface area contributed by atoms with Gasteiger partial charge < -0.3 is 19.7 Å². The van der Waals surface area contributed by atoms with E-state index in [1.54, 1.807) is 6.92 Å². The molecule has 3 rings (SSSR count). The first-order chi connectivity index (χ1) is 18.9. The van der Waals surface area contributed by atoms with Crippen LogP contribution in [0.5, 0.6) is 0 Å². The predicted octanol–water partition coefficient (Wildman–Crippen LogP) is 5.98. The summed E-state index contributed by atoms with van der Waals surface area (Å²) in [6.45, 7) is 3.04. The number of carbonyl (C=O) groups excluding carboxylic acids is 2. The van der Waals surface area contributed by atoms with Crippen LogP contribution in [0, 0.1) is 12.7 Å². The Morgan fingerprint density at radius 2 is 1.68 bits per heavy atom. The molecule has 1 aliphatic heterocycles. The number of hydrogen-bond donors (Lipinski definition) is 1. The number of nitrogens with one attached hydrogen (secondary N) is 1. The maximum absolute atomic E-state index is 13.9. The number of urea groups is 1. The second-order valence-corrected chi connectivity index (χ2v) is 11.6.